The van der Waals surface area contributed by atoms with E-state index in [4.69, 9.17) is 57.4 Å². The minimum Gasteiger partial charge on any atom is -0.508 e. The smallest absolute Gasteiger partial charge is 0.321 e. The van der Waals surface area contributed by atoms with Gasteiger partial charge < -0.3 is 112 Å². The number of aromatic hydroxyl groups is 3. The van der Waals surface area contributed by atoms with Gasteiger partial charge >= 0.3 is 6.03 Å². The topological polar surface area (TPSA) is 501 Å². The lowest BCUT2D eigenvalue weighted by molar-refractivity contribution is -0.333. The van der Waals surface area contributed by atoms with Crippen molar-refractivity contribution in [2.24, 2.45) is 47.2 Å². The summed E-state index contributed by atoms with van der Waals surface area (Å²) >= 11 is 14.5. The standard InChI is InChI=1S/C88H110Cl2N8O24/c1-7-8-9-10-11-12-19-93-87(116)94-68(106)32-49-29-60(103)73(97-84(114)57(92-6)20-39(2)3)75(107)44-14-17-63(55(89)27-44)118-65-30-48-31-66(79(65)122-86-80(78(110)77(109)67(38-99)120-86)121-69-37-88(5,91)81(111)40(4)117-69)119-64-18-15-45(28-56(64)90)76(108)74-85(115)96-72(62(105)35-51-46-22-41-21-42(24-46)25-47(51)23-41)54-33-50(100)34-59(102)70(54)53-26-43(13-16-58(53)101)52(83(113)98-74)36-61(104)71(48)95-82(49)112/h13-18,26-28,30-31,33-34,39-42,46-47,49,51-52,57,67,69,71-78,80-81,86,92,99-102,107-111H,7-12,19-25,29,32,35-38,91H2,1-6H3,(H,95,112)(H,96,115)(H,97,114)(H,98,113)(H2,93,94,106,116)/t40?,41?,42?,46?,47?,49-,51?,52+,57+,67?,69?,71+,72-,73-,74+,75+,76+,77?,78?,80?,81?,86?,88?/m0/s1. The molecule has 6 fully saturated rings. The van der Waals surface area contributed by atoms with Gasteiger partial charge in [-0.2, -0.15) is 0 Å². The highest BCUT2D eigenvalue weighted by molar-refractivity contribution is 6.32. The monoisotopic (exact) mass is 1730 g/mol. The number of aliphatic hydroxyl groups is 6. The van der Waals surface area contributed by atoms with E-state index in [2.05, 4.69) is 44.1 Å². The molecule has 122 heavy (non-hydrogen) atoms. The van der Waals surface area contributed by atoms with Crippen molar-refractivity contribution in [3.8, 4) is 57.1 Å². The summed E-state index contributed by atoms with van der Waals surface area (Å²) in [4.78, 5) is 139. The number of ketones is 3. The number of phenols is 3. The fourth-order valence-electron chi connectivity index (χ4n) is 19.1. The molecule has 4 aliphatic carbocycles. The fraction of sp³-hybridized carbons (Fsp3) is 0.557. The van der Waals surface area contributed by atoms with Crippen LogP contribution in [0.4, 0.5) is 4.79 Å². The third-order valence-corrected chi connectivity index (χ3v) is 25.9. The summed E-state index contributed by atoms with van der Waals surface area (Å²) in [5.74, 6) is -15.4. The first kappa shape index (κ1) is 90.6. The van der Waals surface area contributed by atoms with Gasteiger partial charge in [0.15, 0.2) is 41.2 Å². The molecule has 7 heterocycles. The van der Waals surface area contributed by atoms with Crippen molar-refractivity contribution < 1.29 is 118 Å². The number of rotatable bonds is 22. The number of hydrogen-bond acceptors (Lipinski definition) is 26. The van der Waals surface area contributed by atoms with Crippen LogP contribution < -0.4 is 57.2 Å². The van der Waals surface area contributed by atoms with Crippen LogP contribution in [0.1, 0.15) is 202 Å². The molecule has 5 aromatic carbocycles. The Morgan fingerprint density at radius 1 is 0.689 bits per heavy atom. The Kier molecular flexibility index (Phi) is 28.6. The van der Waals surface area contributed by atoms with Crippen molar-refractivity contribution in [3.63, 3.8) is 0 Å². The Balaban J connectivity index is 1.01. The first-order chi connectivity index (χ1) is 58.1. The van der Waals surface area contributed by atoms with E-state index >= 15 is 28.8 Å². The number of hydrogen-bond donors (Lipinski definition) is 17. The summed E-state index contributed by atoms with van der Waals surface area (Å²) in [5.41, 5.74) is 3.58. The van der Waals surface area contributed by atoms with E-state index < -0.39 is 222 Å². The number of fused-ring (bicyclic) bond motifs is 15. The zero-order chi connectivity index (χ0) is 87.6. The minimum absolute atomic E-state index is 0.0763. The summed E-state index contributed by atoms with van der Waals surface area (Å²) < 4.78 is 39.2. The van der Waals surface area contributed by atoms with Crippen molar-refractivity contribution >= 4 is 76.1 Å². The van der Waals surface area contributed by atoms with E-state index in [0.717, 1.165) is 94.5 Å². The molecule has 18 atom stereocenters. The van der Waals surface area contributed by atoms with Crippen molar-refractivity contribution in [2.45, 2.75) is 247 Å². The fourth-order valence-corrected chi connectivity index (χ4v) is 19.6. The number of phenolic OH excluding ortho intramolecular Hbond substituents is 3. The van der Waals surface area contributed by atoms with Gasteiger partial charge in [0.05, 0.1) is 46.7 Å². The third-order valence-electron chi connectivity index (χ3n) is 25.4. The predicted octanol–water partition coefficient (Wildman–Crippen LogP) is 7.73. The normalized spacial score (nSPS) is 31.0. The Labute approximate surface area is 715 Å². The van der Waals surface area contributed by atoms with Gasteiger partial charge in [-0.25, -0.2) is 4.79 Å². The number of likely N-dealkylation sites (N-methyl/N-ethyl adjacent to an activating group) is 1. The molecular formula is C88H110Cl2N8O24. The van der Waals surface area contributed by atoms with Crippen LogP contribution in [0.2, 0.25) is 10.0 Å². The van der Waals surface area contributed by atoms with E-state index in [1.54, 1.807) is 0 Å². The number of unbranched alkanes of at least 4 members (excludes halogenated alkanes) is 5. The Bertz CT molecular complexity index is 4730. The number of ether oxygens (including phenoxy) is 6. The van der Waals surface area contributed by atoms with Crippen LogP contribution in [0.5, 0.6) is 46.0 Å². The number of nitrogens with one attached hydrogen (secondary N) is 7. The first-order valence-corrected chi connectivity index (χ1v) is 42.8. The molecule has 7 aliphatic heterocycles. The van der Waals surface area contributed by atoms with Gasteiger partial charge in [0.25, 0.3) is 0 Å². The number of Topliss-reactive ketones (excluding diaryl/α,β-unsaturated/α-hetero) is 3. The molecule has 11 aliphatic rings. The Morgan fingerprint density at radius 2 is 1.33 bits per heavy atom. The van der Waals surface area contributed by atoms with Crippen LogP contribution in [-0.4, -0.2) is 192 Å². The molecular weight excluding hydrogens is 1620 g/mol. The van der Waals surface area contributed by atoms with Gasteiger partial charge in [0.2, 0.25) is 41.6 Å². The van der Waals surface area contributed by atoms with Crippen molar-refractivity contribution in [2.75, 3.05) is 20.2 Å². The number of amides is 7. The SMILES string of the molecule is CCCCCCCCNC(=O)NC(=O)C[C@@H]1CC(=O)[C@H](NC(=O)[C@@H](CC(C)C)NC)[C@H](O)c2ccc(c(Cl)c2)Oc2cc3cc(c2OC2OC(CO)C(O)C(O)C2OC2CC(C)(N)C(O)C(C)O2)Oc2ccc(cc2Cl)[C@@H](O)[C@H]2NC(=O)[C@H](CC(=O)[C@@H]3NC1=O)c1ccc(O)c(c1)-c1c(O)cc(O)cc1[C@@H](C(=O)CC1C3CC4CC(C3)CC1C4)NC2=O. The number of nitrogens with two attached hydrogens (primary N) is 1. The van der Waals surface area contributed by atoms with Crippen molar-refractivity contribution in [3.05, 3.63) is 117 Å². The second-order valence-corrected chi connectivity index (χ2v) is 35.6. The molecule has 4 saturated carbocycles. The zero-order valence-corrected chi connectivity index (χ0v) is 70.2. The number of carbonyl (C=O) groups is 9. The Morgan fingerprint density at radius 3 is 1.95 bits per heavy atom. The molecule has 16 rings (SSSR count). The van der Waals surface area contributed by atoms with Crippen LogP contribution >= 0.6 is 23.2 Å². The van der Waals surface area contributed by atoms with Gasteiger partial charge in [0, 0.05) is 61.4 Å². The number of carbonyl (C=O) groups excluding carboxylic acids is 9. The average Bonchev–Trinajstić information content (AvgIpc) is 0.761. The van der Waals surface area contributed by atoms with Gasteiger partial charge in [-0.15, -0.1) is 0 Å². The molecule has 2 saturated heterocycles. The van der Waals surface area contributed by atoms with Crippen LogP contribution in [0.25, 0.3) is 11.1 Å². The molecule has 32 nitrogen and oxygen atoms in total. The number of urea groups is 1. The molecule has 660 valence electrons. The second kappa shape index (κ2) is 38.5. The molecule has 9 unspecified atom stereocenters. The van der Waals surface area contributed by atoms with E-state index in [0.29, 0.717) is 18.3 Å². The second-order valence-electron chi connectivity index (χ2n) is 34.8. The summed E-state index contributed by atoms with van der Waals surface area (Å²) in [6.07, 6.45) is -10.6. The highest BCUT2D eigenvalue weighted by atomic mass is 35.5. The highest BCUT2D eigenvalue weighted by Gasteiger charge is 2.53. The summed E-state index contributed by atoms with van der Waals surface area (Å²) in [6.45, 7) is 7.99. The largest absolute Gasteiger partial charge is 0.508 e. The van der Waals surface area contributed by atoms with Crippen LogP contribution in [0.15, 0.2) is 78.9 Å². The van der Waals surface area contributed by atoms with Crippen LogP contribution in [0, 0.1) is 41.4 Å². The maximum Gasteiger partial charge on any atom is 0.321 e. The quantitative estimate of drug-likeness (QED) is 0.0295. The van der Waals surface area contributed by atoms with Gasteiger partial charge in [-0.05, 0) is 184 Å². The molecule has 34 heteroatoms. The number of aliphatic hydroxyl groups excluding tert-OH is 6. The maximum absolute atomic E-state index is 16.7. The van der Waals surface area contributed by atoms with E-state index in [-0.39, 0.29) is 110 Å². The minimum atomic E-state index is -2.24. The third kappa shape index (κ3) is 20.1. The maximum atomic E-state index is 16.7. The van der Waals surface area contributed by atoms with Crippen molar-refractivity contribution in [1.29, 1.82) is 0 Å². The molecule has 0 spiro atoms. The molecule has 5 aromatic rings. The van der Waals surface area contributed by atoms with Crippen molar-refractivity contribution in [1.82, 2.24) is 37.2 Å². The molecule has 0 aromatic heterocycles. The lowest BCUT2D eigenvalue weighted by atomic mass is 9.51. The van der Waals surface area contributed by atoms with Gasteiger partial charge in [-0.1, -0.05) is 94.3 Å². The highest BCUT2D eigenvalue weighted by Crippen LogP contribution is 2.58. The van der Waals surface area contributed by atoms with E-state index in [1.807, 2.05) is 13.8 Å². The molecule has 18 N–H and O–H groups in total. The zero-order valence-electron chi connectivity index (χ0n) is 68.7. The number of benzene rings is 5. The summed E-state index contributed by atoms with van der Waals surface area (Å²) in [7, 11) is 1.51. The number of imide groups is 1. The number of halogens is 2. The lowest BCUT2D eigenvalue weighted by Gasteiger charge is -2.54. The molecule has 7 amide bonds. The van der Waals surface area contributed by atoms with Crippen LogP contribution in [0.3, 0.4) is 0 Å². The van der Waals surface area contributed by atoms with Crippen LogP contribution in [-0.2, 0) is 52.6 Å². The van der Waals surface area contributed by atoms with Gasteiger partial charge in [-0.3, -0.25) is 43.7 Å². The Hall–Kier alpha value is -9.13. The summed E-state index contributed by atoms with van der Waals surface area (Å²) in [6, 6.07) is 5.20. The first-order valence-electron chi connectivity index (χ1n) is 42.1. The molecule has 0 radical (unpaired) electrons. The van der Waals surface area contributed by atoms with E-state index in [1.165, 1.54) is 69.4 Å². The predicted molar refractivity (Wildman–Crippen MR) is 440 cm³/mol. The van der Waals surface area contributed by atoms with E-state index in [9.17, 15) is 60.3 Å². The molecule has 15 bridgehead atoms. The average molecular weight is 1730 g/mol. The summed E-state index contributed by atoms with van der Waals surface area (Å²) in [5, 5.41) is 125. The van der Waals surface area contributed by atoms with Gasteiger partial charge in [0.1, 0.15) is 83.4 Å². The lowest BCUT2D eigenvalue weighted by Crippen LogP contribution is -2.64.